The molecule has 1 aromatic carbocycles. The Kier molecular flexibility index (Phi) is 3.85. The van der Waals surface area contributed by atoms with Crippen molar-refractivity contribution in [3.63, 3.8) is 0 Å². The SMILES string of the molecule is CCN(C(=O)O)c1ccc(Br)c(F)c1C#N. The summed E-state index contributed by atoms with van der Waals surface area (Å²) >= 11 is 2.94. The maximum atomic E-state index is 13.5. The van der Waals surface area contributed by atoms with E-state index in [4.69, 9.17) is 10.4 Å². The number of anilines is 1. The normalized spacial score (nSPS) is 9.62. The third kappa shape index (κ3) is 2.14. The van der Waals surface area contributed by atoms with Gasteiger partial charge in [0.25, 0.3) is 0 Å². The van der Waals surface area contributed by atoms with Crippen LogP contribution < -0.4 is 4.90 Å². The smallest absolute Gasteiger partial charge is 0.411 e. The molecule has 0 atom stereocenters. The maximum absolute atomic E-state index is 13.5. The van der Waals surface area contributed by atoms with Gasteiger partial charge in [-0.1, -0.05) is 0 Å². The highest BCUT2D eigenvalue weighted by atomic mass is 79.9. The zero-order valence-corrected chi connectivity index (χ0v) is 9.95. The van der Waals surface area contributed by atoms with Crippen LogP contribution in [0.5, 0.6) is 0 Å². The second kappa shape index (κ2) is 4.94. The molecule has 0 aromatic heterocycles. The molecule has 6 heteroatoms. The zero-order chi connectivity index (χ0) is 12.3. The molecule has 4 nitrogen and oxygen atoms in total. The third-order valence-corrected chi connectivity index (χ3v) is 2.64. The number of hydrogen-bond donors (Lipinski definition) is 1. The third-order valence-electron chi connectivity index (χ3n) is 2.02. The molecule has 84 valence electrons. The summed E-state index contributed by atoms with van der Waals surface area (Å²) < 4.78 is 13.7. The Labute approximate surface area is 100 Å². The molecule has 0 aliphatic heterocycles. The van der Waals surface area contributed by atoms with Gasteiger partial charge in [-0.05, 0) is 35.0 Å². The van der Waals surface area contributed by atoms with E-state index in [2.05, 4.69) is 15.9 Å². The van der Waals surface area contributed by atoms with Crippen molar-refractivity contribution < 1.29 is 14.3 Å². The predicted molar refractivity (Wildman–Crippen MR) is 59.9 cm³/mol. The summed E-state index contributed by atoms with van der Waals surface area (Å²) in [5, 5.41) is 17.7. The summed E-state index contributed by atoms with van der Waals surface area (Å²) in [6.07, 6.45) is -1.22. The lowest BCUT2D eigenvalue weighted by molar-refractivity contribution is 0.202. The van der Waals surface area contributed by atoms with E-state index >= 15 is 0 Å². The summed E-state index contributed by atoms with van der Waals surface area (Å²) in [5.41, 5.74) is -0.225. The Balaban J connectivity index is 3.40. The van der Waals surface area contributed by atoms with Gasteiger partial charge in [-0.15, -0.1) is 0 Å². The van der Waals surface area contributed by atoms with Gasteiger partial charge in [0.1, 0.15) is 11.6 Å². The first-order valence-corrected chi connectivity index (χ1v) is 5.20. The number of hydrogen-bond acceptors (Lipinski definition) is 2. The first kappa shape index (κ1) is 12.5. The Morgan fingerprint density at radius 3 is 2.75 bits per heavy atom. The number of halogens is 2. The monoisotopic (exact) mass is 286 g/mol. The minimum Gasteiger partial charge on any atom is -0.465 e. The van der Waals surface area contributed by atoms with Crippen molar-refractivity contribution in [2.24, 2.45) is 0 Å². The van der Waals surface area contributed by atoms with Gasteiger partial charge in [-0.3, -0.25) is 4.90 Å². The van der Waals surface area contributed by atoms with E-state index in [0.717, 1.165) is 4.90 Å². The van der Waals surface area contributed by atoms with Crippen LogP contribution in [-0.4, -0.2) is 17.7 Å². The number of amides is 1. The average Bonchev–Trinajstić information content (AvgIpc) is 2.24. The van der Waals surface area contributed by atoms with E-state index in [1.54, 1.807) is 13.0 Å². The lowest BCUT2D eigenvalue weighted by Crippen LogP contribution is -2.29. The van der Waals surface area contributed by atoms with Gasteiger partial charge in [0.2, 0.25) is 0 Å². The molecule has 0 aliphatic rings. The molecular formula is C10H8BrFN2O2. The van der Waals surface area contributed by atoms with Crippen molar-refractivity contribution in [2.75, 3.05) is 11.4 Å². The summed E-state index contributed by atoms with van der Waals surface area (Å²) in [5.74, 6) is -0.750. The zero-order valence-electron chi connectivity index (χ0n) is 8.37. The van der Waals surface area contributed by atoms with Gasteiger partial charge in [-0.25, -0.2) is 9.18 Å². The first-order chi connectivity index (χ1) is 7.52. The molecule has 0 saturated heterocycles. The average molecular weight is 287 g/mol. The fourth-order valence-electron chi connectivity index (χ4n) is 1.28. The van der Waals surface area contributed by atoms with Crippen LogP contribution in [0.1, 0.15) is 12.5 Å². The lowest BCUT2D eigenvalue weighted by atomic mass is 10.1. The molecule has 1 N–H and O–H groups in total. The lowest BCUT2D eigenvalue weighted by Gasteiger charge is -2.18. The number of benzene rings is 1. The van der Waals surface area contributed by atoms with Crippen LogP contribution in [0.3, 0.4) is 0 Å². The predicted octanol–water partition coefficient (Wildman–Crippen LogP) is 2.96. The highest BCUT2D eigenvalue weighted by molar-refractivity contribution is 9.10. The van der Waals surface area contributed by atoms with E-state index in [-0.39, 0.29) is 22.3 Å². The molecule has 1 aromatic rings. The highest BCUT2D eigenvalue weighted by Crippen LogP contribution is 2.28. The van der Waals surface area contributed by atoms with Crippen molar-refractivity contribution in [3.05, 3.63) is 28.0 Å². The van der Waals surface area contributed by atoms with E-state index in [1.165, 1.54) is 12.1 Å². The number of carboxylic acid groups (broad SMARTS) is 1. The maximum Gasteiger partial charge on any atom is 0.411 e. The van der Waals surface area contributed by atoms with Crippen molar-refractivity contribution in [3.8, 4) is 6.07 Å². The molecule has 0 heterocycles. The Morgan fingerprint density at radius 2 is 2.31 bits per heavy atom. The molecule has 0 aliphatic carbocycles. The fraction of sp³-hybridized carbons (Fsp3) is 0.200. The Morgan fingerprint density at radius 1 is 1.69 bits per heavy atom. The second-order valence-corrected chi connectivity index (χ2v) is 3.75. The standard InChI is InChI=1S/C10H8BrFN2O2/c1-2-14(10(15)16)8-4-3-7(11)9(12)6(8)5-13/h3-4H,2H2,1H3,(H,15,16). The molecule has 16 heavy (non-hydrogen) atoms. The van der Waals surface area contributed by atoms with Crippen molar-refractivity contribution >= 4 is 27.7 Å². The van der Waals surface area contributed by atoms with Gasteiger partial charge in [-0.2, -0.15) is 5.26 Å². The number of carbonyl (C=O) groups is 1. The van der Waals surface area contributed by atoms with Crippen LogP contribution in [0.2, 0.25) is 0 Å². The molecule has 0 saturated carbocycles. The van der Waals surface area contributed by atoms with Crippen molar-refractivity contribution in [1.29, 1.82) is 5.26 Å². The first-order valence-electron chi connectivity index (χ1n) is 4.41. The van der Waals surface area contributed by atoms with Crippen LogP contribution in [0, 0.1) is 17.1 Å². The van der Waals surface area contributed by atoms with Crippen LogP contribution in [-0.2, 0) is 0 Å². The molecular weight excluding hydrogens is 279 g/mol. The minimum atomic E-state index is -1.22. The molecule has 0 spiro atoms. The van der Waals surface area contributed by atoms with E-state index < -0.39 is 11.9 Å². The van der Waals surface area contributed by atoms with Gasteiger partial charge >= 0.3 is 6.09 Å². The minimum absolute atomic E-state index is 0.0539. The van der Waals surface area contributed by atoms with Gasteiger partial charge < -0.3 is 5.11 Å². The van der Waals surface area contributed by atoms with E-state index in [9.17, 15) is 9.18 Å². The Hall–Kier alpha value is -1.61. The summed E-state index contributed by atoms with van der Waals surface area (Å²) in [7, 11) is 0. The van der Waals surface area contributed by atoms with E-state index in [0.29, 0.717) is 0 Å². The molecule has 0 fully saturated rings. The van der Waals surface area contributed by atoms with Gasteiger partial charge in [0, 0.05) is 6.54 Å². The summed E-state index contributed by atoms with van der Waals surface area (Å²) in [6, 6.07) is 4.43. The topological polar surface area (TPSA) is 64.3 Å². The summed E-state index contributed by atoms with van der Waals surface area (Å²) in [6.45, 7) is 1.75. The molecule has 1 amide bonds. The van der Waals surface area contributed by atoms with Crippen molar-refractivity contribution in [1.82, 2.24) is 0 Å². The van der Waals surface area contributed by atoms with Gasteiger partial charge in [0.05, 0.1) is 10.2 Å². The fourth-order valence-corrected chi connectivity index (χ4v) is 1.61. The number of nitrogens with zero attached hydrogens (tertiary/aromatic N) is 2. The summed E-state index contributed by atoms with van der Waals surface area (Å²) in [4.78, 5) is 11.8. The van der Waals surface area contributed by atoms with Crippen LogP contribution in [0.4, 0.5) is 14.9 Å². The molecule has 1 rings (SSSR count). The highest BCUT2D eigenvalue weighted by Gasteiger charge is 2.20. The van der Waals surface area contributed by atoms with E-state index in [1.807, 2.05) is 0 Å². The number of rotatable bonds is 2. The van der Waals surface area contributed by atoms with Crippen molar-refractivity contribution in [2.45, 2.75) is 6.92 Å². The second-order valence-electron chi connectivity index (χ2n) is 2.89. The number of nitriles is 1. The Bertz CT molecular complexity index is 471. The molecule has 0 unspecified atom stereocenters. The largest absolute Gasteiger partial charge is 0.465 e. The van der Waals surface area contributed by atoms with Crippen LogP contribution >= 0.6 is 15.9 Å². The van der Waals surface area contributed by atoms with Crippen LogP contribution in [0.25, 0.3) is 0 Å². The molecule has 0 bridgehead atoms. The van der Waals surface area contributed by atoms with Crippen LogP contribution in [0.15, 0.2) is 16.6 Å². The van der Waals surface area contributed by atoms with Gasteiger partial charge in [0.15, 0.2) is 5.82 Å². The molecule has 0 radical (unpaired) electrons. The quantitative estimate of drug-likeness (QED) is 0.909.